The van der Waals surface area contributed by atoms with E-state index in [0.717, 1.165) is 26.1 Å². The number of nitrogens with one attached hydrogen (secondary N) is 1. The van der Waals surface area contributed by atoms with Gasteiger partial charge in [-0.1, -0.05) is 12.5 Å². The minimum Gasteiger partial charge on any atom is -0.354 e. The first kappa shape index (κ1) is 17.9. The molecule has 2 heterocycles. The van der Waals surface area contributed by atoms with E-state index in [4.69, 9.17) is 5.73 Å². The number of nitrogens with two attached hydrogens (primary N) is 1. The maximum atomic E-state index is 11.5. The lowest BCUT2D eigenvalue weighted by atomic mass is 10.0. The Kier molecular flexibility index (Phi) is 8.27. The molecule has 6 heteroatoms. The average Bonchev–Trinajstić information content (AvgIpc) is 2.48. The van der Waals surface area contributed by atoms with Crippen molar-refractivity contribution in [3.8, 4) is 0 Å². The molecule has 1 fully saturated rings. The van der Waals surface area contributed by atoms with Crippen LogP contribution in [0.4, 0.5) is 0 Å². The number of pyridine rings is 1. The van der Waals surface area contributed by atoms with E-state index in [1.54, 1.807) is 6.20 Å². The van der Waals surface area contributed by atoms with E-state index in [1.165, 1.54) is 18.4 Å². The molecule has 0 radical (unpaired) electrons. The Morgan fingerprint density at radius 1 is 1.48 bits per heavy atom. The Labute approximate surface area is 132 Å². The number of amides is 1. The van der Waals surface area contributed by atoms with Gasteiger partial charge in [0, 0.05) is 44.5 Å². The molecule has 0 aliphatic carbocycles. The summed E-state index contributed by atoms with van der Waals surface area (Å²) >= 11 is 0. The number of hydrogen-bond acceptors (Lipinski definition) is 4. The first-order chi connectivity index (χ1) is 9.79. The Balaban J connectivity index is 0.00000220. The molecule has 0 aromatic carbocycles. The molecule has 2 rings (SSSR count). The molecule has 1 aromatic heterocycles. The number of carbonyl (C=O) groups excluding carboxylic acids is 1. The Bertz CT molecular complexity index is 415. The van der Waals surface area contributed by atoms with Crippen molar-refractivity contribution in [1.29, 1.82) is 0 Å². The van der Waals surface area contributed by atoms with Crippen LogP contribution in [0, 0.1) is 0 Å². The van der Waals surface area contributed by atoms with E-state index in [9.17, 15) is 4.79 Å². The minimum absolute atomic E-state index is 0. The normalized spacial score (nSPS) is 18.8. The van der Waals surface area contributed by atoms with Gasteiger partial charge in [0.15, 0.2) is 0 Å². The van der Waals surface area contributed by atoms with Crippen LogP contribution in [0.2, 0.25) is 0 Å². The van der Waals surface area contributed by atoms with Crippen molar-refractivity contribution in [2.45, 2.75) is 38.3 Å². The third kappa shape index (κ3) is 5.99. The molecule has 0 bridgehead atoms. The number of likely N-dealkylation sites (tertiary alicyclic amines) is 1. The second kappa shape index (κ2) is 9.71. The number of carbonyl (C=O) groups is 1. The van der Waals surface area contributed by atoms with E-state index >= 15 is 0 Å². The third-order valence-electron chi connectivity index (χ3n) is 3.76. The predicted octanol–water partition coefficient (Wildman–Crippen LogP) is 1.32. The fourth-order valence-corrected chi connectivity index (χ4v) is 2.68. The monoisotopic (exact) mass is 312 g/mol. The number of rotatable bonds is 6. The van der Waals surface area contributed by atoms with Crippen molar-refractivity contribution < 1.29 is 4.79 Å². The average molecular weight is 313 g/mol. The van der Waals surface area contributed by atoms with Crippen LogP contribution < -0.4 is 11.1 Å². The highest BCUT2D eigenvalue weighted by Gasteiger charge is 2.22. The molecule has 0 saturated carbocycles. The fourth-order valence-electron chi connectivity index (χ4n) is 2.68. The molecule has 1 saturated heterocycles. The van der Waals surface area contributed by atoms with Crippen molar-refractivity contribution in [2.75, 3.05) is 19.6 Å². The topological polar surface area (TPSA) is 71.2 Å². The van der Waals surface area contributed by atoms with Crippen LogP contribution in [0.25, 0.3) is 0 Å². The first-order valence-corrected chi connectivity index (χ1v) is 7.39. The molecular weight excluding hydrogens is 288 g/mol. The summed E-state index contributed by atoms with van der Waals surface area (Å²) in [5.41, 5.74) is 6.62. The van der Waals surface area contributed by atoms with Crippen LogP contribution in [0.5, 0.6) is 0 Å². The van der Waals surface area contributed by atoms with Crippen molar-refractivity contribution >= 4 is 18.3 Å². The van der Waals surface area contributed by atoms with Crippen molar-refractivity contribution in [3.05, 3.63) is 30.1 Å². The molecule has 1 aliphatic heterocycles. The molecule has 0 spiro atoms. The summed E-state index contributed by atoms with van der Waals surface area (Å²) < 4.78 is 0. The molecular formula is C15H25ClN4O. The number of nitrogens with zero attached hydrogens (tertiary/aromatic N) is 2. The molecule has 5 nitrogen and oxygen atoms in total. The minimum atomic E-state index is 0. The van der Waals surface area contributed by atoms with Gasteiger partial charge in [-0.25, -0.2) is 0 Å². The lowest BCUT2D eigenvalue weighted by Gasteiger charge is -2.35. The van der Waals surface area contributed by atoms with Gasteiger partial charge in [-0.3, -0.25) is 14.7 Å². The van der Waals surface area contributed by atoms with Crippen molar-refractivity contribution in [2.24, 2.45) is 5.73 Å². The smallest absolute Gasteiger partial charge is 0.221 e. The summed E-state index contributed by atoms with van der Waals surface area (Å²) in [6, 6.07) is 4.49. The lowest BCUT2D eigenvalue weighted by molar-refractivity contribution is -0.121. The van der Waals surface area contributed by atoms with E-state index in [2.05, 4.69) is 21.3 Å². The molecule has 1 aliphatic rings. The summed E-state index contributed by atoms with van der Waals surface area (Å²) in [5.74, 6) is 0.0550. The van der Waals surface area contributed by atoms with Crippen LogP contribution in [-0.2, 0) is 11.3 Å². The zero-order valence-corrected chi connectivity index (χ0v) is 13.1. The van der Waals surface area contributed by atoms with Gasteiger partial charge < -0.3 is 11.1 Å². The SMILES string of the molecule is Cl.NCCC(=O)NCC1CCCCN1Cc1cccnc1. The zero-order chi connectivity index (χ0) is 14.2. The lowest BCUT2D eigenvalue weighted by Crippen LogP contribution is -2.46. The van der Waals surface area contributed by atoms with Gasteiger partial charge in [0.05, 0.1) is 0 Å². The third-order valence-corrected chi connectivity index (χ3v) is 3.76. The standard InChI is InChI=1S/C15H24N4O.ClH/c16-7-6-15(20)18-11-14-5-1-2-9-19(14)12-13-4-3-8-17-10-13;/h3-4,8,10,14H,1-2,5-7,9,11-12,16H2,(H,18,20);1H. The van der Waals surface area contributed by atoms with Crippen LogP contribution >= 0.6 is 12.4 Å². The maximum Gasteiger partial charge on any atom is 0.221 e. The summed E-state index contributed by atoms with van der Waals surface area (Å²) in [4.78, 5) is 18.1. The maximum absolute atomic E-state index is 11.5. The Morgan fingerprint density at radius 3 is 3.05 bits per heavy atom. The molecule has 3 N–H and O–H groups in total. The number of hydrogen-bond donors (Lipinski definition) is 2. The zero-order valence-electron chi connectivity index (χ0n) is 12.3. The highest BCUT2D eigenvalue weighted by molar-refractivity contribution is 5.85. The van der Waals surface area contributed by atoms with E-state index in [0.29, 0.717) is 19.0 Å². The van der Waals surface area contributed by atoms with E-state index < -0.39 is 0 Å². The summed E-state index contributed by atoms with van der Waals surface area (Å²) in [5, 5.41) is 2.99. The molecule has 118 valence electrons. The highest BCUT2D eigenvalue weighted by Crippen LogP contribution is 2.18. The van der Waals surface area contributed by atoms with Gasteiger partial charge in [0.2, 0.25) is 5.91 Å². The summed E-state index contributed by atoms with van der Waals surface area (Å²) in [6.45, 7) is 3.13. The molecule has 1 unspecified atom stereocenters. The van der Waals surface area contributed by atoms with Crippen molar-refractivity contribution in [3.63, 3.8) is 0 Å². The van der Waals surface area contributed by atoms with Gasteiger partial charge in [-0.15, -0.1) is 12.4 Å². The van der Waals surface area contributed by atoms with Crippen LogP contribution in [0.1, 0.15) is 31.2 Å². The largest absolute Gasteiger partial charge is 0.354 e. The predicted molar refractivity (Wildman–Crippen MR) is 86.2 cm³/mol. The number of halogens is 1. The van der Waals surface area contributed by atoms with Gasteiger partial charge in [0.25, 0.3) is 0 Å². The first-order valence-electron chi connectivity index (χ1n) is 7.39. The molecule has 1 atom stereocenters. The Morgan fingerprint density at radius 2 is 2.33 bits per heavy atom. The summed E-state index contributed by atoms with van der Waals surface area (Å²) in [6.07, 6.45) is 7.73. The number of piperidine rings is 1. The molecule has 1 amide bonds. The van der Waals surface area contributed by atoms with Gasteiger partial charge >= 0.3 is 0 Å². The van der Waals surface area contributed by atoms with E-state index in [-0.39, 0.29) is 18.3 Å². The van der Waals surface area contributed by atoms with Crippen molar-refractivity contribution in [1.82, 2.24) is 15.2 Å². The summed E-state index contributed by atoms with van der Waals surface area (Å²) in [7, 11) is 0. The van der Waals surface area contributed by atoms with Crippen LogP contribution in [0.15, 0.2) is 24.5 Å². The van der Waals surface area contributed by atoms with Crippen LogP contribution in [-0.4, -0.2) is 41.5 Å². The molecule has 1 aromatic rings. The highest BCUT2D eigenvalue weighted by atomic mass is 35.5. The molecule has 21 heavy (non-hydrogen) atoms. The second-order valence-corrected chi connectivity index (χ2v) is 5.32. The quantitative estimate of drug-likeness (QED) is 0.831. The van der Waals surface area contributed by atoms with E-state index in [1.807, 2.05) is 12.3 Å². The number of aromatic nitrogens is 1. The van der Waals surface area contributed by atoms with Crippen LogP contribution in [0.3, 0.4) is 0 Å². The van der Waals surface area contributed by atoms with Gasteiger partial charge in [0.1, 0.15) is 0 Å². The van der Waals surface area contributed by atoms with Gasteiger partial charge in [-0.2, -0.15) is 0 Å². The van der Waals surface area contributed by atoms with Gasteiger partial charge in [-0.05, 0) is 31.0 Å². The second-order valence-electron chi connectivity index (χ2n) is 5.32. The fraction of sp³-hybridized carbons (Fsp3) is 0.600. The Hall–Kier alpha value is -1.17.